The molecule has 0 aromatic heterocycles. The topological polar surface area (TPSA) is 29.3 Å². The lowest BCUT2D eigenvalue weighted by molar-refractivity contribution is -0.138. The Morgan fingerprint density at radius 2 is 2.00 bits per heavy atom. The van der Waals surface area contributed by atoms with Crippen molar-refractivity contribution >= 4 is 5.69 Å². The van der Waals surface area contributed by atoms with E-state index in [1.165, 1.54) is 18.9 Å². The Morgan fingerprint density at radius 1 is 1.24 bits per heavy atom. The number of rotatable bonds is 3. The van der Waals surface area contributed by atoms with E-state index in [2.05, 4.69) is 11.8 Å². The van der Waals surface area contributed by atoms with E-state index in [-0.39, 0.29) is 12.1 Å². The van der Waals surface area contributed by atoms with Gasteiger partial charge >= 0.3 is 6.18 Å². The first-order valence-electron chi connectivity index (χ1n) is 7.60. The number of anilines is 1. The molecule has 2 nitrogen and oxygen atoms in total. The van der Waals surface area contributed by atoms with Crippen LogP contribution in [0, 0.1) is 5.92 Å². The Balaban J connectivity index is 2.21. The van der Waals surface area contributed by atoms with Crippen molar-refractivity contribution < 1.29 is 13.2 Å². The highest BCUT2D eigenvalue weighted by Gasteiger charge is 2.33. The summed E-state index contributed by atoms with van der Waals surface area (Å²) in [5.74, 6) is 0.735. The molecule has 1 aliphatic heterocycles. The van der Waals surface area contributed by atoms with Crippen LogP contribution in [0.25, 0.3) is 0 Å². The second-order valence-corrected chi connectivity index (χ2v) is 5.74. The van der Waals surface area contributed by atoms with E-state index in [0.717, 1.165) is 37.5 Å². The zero-order valence-corrected chi connectivity index (χ0v) is 12.4. The maximum atomic E-state index is 12.9. The molecule has 1 atom stereocenters. The summed E-state index contributed by atoms with van der Waals surface area (Å²) in [5.41, 5.74) is 5.92. The summed E-state index contributed by atoms with van der Waals surface area (Å²) in [6.07, 6.45) is 0.249. The van der Waals surface area contributed by atoms with E-state index in [1.54, 1.807) is 12.1 Å². The molecule has 1 aromatic rings. The average molecular weight is 300 g/mol. The molecule has 0 bridgehead atoms. The molecular weight excluding hydrogens is 277 g/mol. The summed E-state index contributed by atoms with van der Waals surface area (Å²) < 4.78 is 38.7. The van der Waals surface area contributed by atoms with E-state index in [0.29, 0.717) is 0 Å². The molecule has 0 saturated carbocycles. The molecule has 1 unspecified atom stereocenters. The third kappa shape index (κ3) is 3.90. The predicted molar refractivity (Wildman–Crippen MR) is 79.2 cm³/mol. The maximum absolute atomic E-state index is 12.9. The second-order valence-electron chi connectivity index (χ2n) is 5.74. The van der Waals surface area contributed by atoms with Crippen molar-refractivity contribution in [3.8, 4) is 0 Å². The van der Waals surface area contributed by atoms with Crippen LogP contribution in [0.4, 0.5) is 18.9 Å². The number of benzene rings is 1. The quantitative estimate of drug-likeness (QED) is 0.907. The molecule has 0 amide bonds. The molecule has 2 rings (SSSR count). The van der Waals surface area contributed by atoms with Crippen LogP contribution < -0.4 is 10.6 Å². The number of hydrogen-bond acceptors (Lipinski definition) is 2. The first kappa shape index (κ1) is 16.1. The smallest absolute Gasteiger partial charge is 0.372 e. The van der Waals surface area contributed by atoms with E-state index in [9.17, 15) is 13.2 Å². The minimum absolute atomic E-state index is 0.0892. The van der Waals surface area contributed by atoms with Crippen molar-refractivity contribution in [1.29, 1.82) is 0 Å². The van der Waals surface area contributed by atoms with Crippen molar-refractivity contribution in [3.63, 3.8) is 0 Å². The van der Waals surface area contributed by atoms with Gasteiger partial charge < -0.3 is 10.6 Å². The maximum Gasteiger partial charge on any atom is 0.416 e. The van der Waals surface area contributed by atoms with Crippen molar-refractivity contribution in [2.45, 2.75) is 45.3 Å². The minimum Gasteiger partial charge on any atom is -0.372 e. The first-order chi connectivity index (χ1) is 9.95. The van der Waals surface area contributed by atoms with E-state index >= 15 is 0 Å². The molecular formula is C16H23F3N2. The summed E-state index contributed by atoms with van der Waals surface area (Å²) >= 11 is 0. The summed E-state index contributed by atoms with van der Waals surface area (Å²) in [6.45, 7) is 3.93. The van der Waals surface area contributed by atoms with Crippen molar-refractivity contribution in [2.75, 3.05) is 18.0 Å². The van der Waals surface area contributed by atoms with Gasteiger partial charge in [-0.1, -0.05) is 13.3 Å². The first-order valence-corrected chi connectivity index (χ1v) is 7.60. The molecule has 2 N–H and O–H groups in total. The van der Waals surface area contributed by atoms with Gasteiger partial charge in [-0.15, -0.1) is 0 Å². The monoisotopic (exact) mass is 300 g/mol. The summed E-state index contributed by atoms with van der Waals surface area (Å²) in [5, 5.41) is 0. The van der Waals surface area contributed by atoms with Gasteiger partial charge in [-0.2, -0.15) is 13.2 Å². The Labute approximate surface area is 124 Å². The molecule has 1 saturated heterocycles. The number of alkyl halides is 3. The molecule has 1 heterocycles. The molecule has 0 aliphatic carbocycles. The van der Waals surface area contributed by atoms with Gasteiger partial charge in [0.15, 0.2) is 0 Å². The van der Waals surface area contributed by atoms with Crippen LogP contribution >= 0.6 is 0 Å². The van der Waals surface area contributed by atoms with Crippen LogP contribution in [-0.4, -0.2) is 13.1 Å². The van der Waals surface area contributed by atoms with Gasteiger partial charge in [-0.25, -0.2) is 0 Å². The molecule has 118 valence electrons. The molecule has 21 heavy (non-hydrogen) atoms. The Bertz CT molecular complexity index is 471. The molecule has 0 spiro atoms. The highest BCUT2D eigenvalue weighted by atomic mass is 19.4. The number of hydrogen-bond donors (Lipinski definition) is 1. The third-order valence-corrected chi connectivity index (χ3v) is 4.40. The summed E-state index contributed by atoms with van der Waals surface area (Å²) in [6, 6.07) is 4.35. The molecule has 1 fully saturated rings. The zero-order chi connectivity index (χ0) is 15.5. The Kier molecular flexibility index (Phi) is 5.14. The number of halogens is 3. The average Bonchev–Trinajstić information content (AvgIpc) is 2.71. The Hall–Kier alpha value is -1.23. The highest BCUT2D eigenvalue weighted by molar-refractivity contribution is 5.52. The second kappa shape index (κ2) is 6.69. The normalized spacial score (nSPS) is 20.4. The van der Waals surface area contributed by atoms with Crippen molar-refractivity contribution in [1.82, 2.24) is 0 Å². The van der Waals surface area contributed by atoms with Crippen LogP contribution in [0.1, 0.15) is 43.7 Å². The van der Waals surface area contributed by atoms with Crippen LogP contribution in [0.15, 0.2) is 18.2 Å². The third-order valence-electron chi connectivity index (χ3n) is 4.40. The van der Waals surface area contributed by atoms with Crippen LogP contribution in [0.5, 0.6) is 0 Å². The van der Waals surface area contributed by atoms with Crippen LogP contribution in [-0.2, 0) is 12.7 Å². The molecule has 0 radical (unpaired) electrons. The zero-order valence-electron chi connectivity index (χ0n) is 12.4. The van der Waals surface area contributed by atoms with E-state index < -0.39 is 11.7 Å². The number of nitrogens with zero attached hydrogens (tertiary/aromatic N) is 1. The largest absolute Gasteiger partial charge is 0.416 e. The fourth-order valence-electron chi connectivity index (χ4n) is 3.05. The molecule has 5 heteroatoms. The van der Waals surface area contributed by atoms with Gasteiger partial charge in [0.25, 0.3) is 0 Å². The van der Waals surface area contributed by atoms with Gasteiger partial charge in [-0.3, -0.25) is 0 Å². The number of nitrogens with two attached hydrogens (primary N) is 1. The standard InChI is InChI=1S/C16H23F3N2/c1-2-12-4-3-8-21(9-7-12)14-5-6-15(16(17,18)19)13(10-14)11-20/h5-6,10,12H,2-4,7-9,11,20H2,1H3. The van der Waals surface area contributed by atoms with Gasteiger partial charge in [0.2, 0.25) is 0 Å². The fourth-order valence-corrected chi connectivity index (χ4v) is 3.05. The SMILES string of the molecule is CCC1CCCN(c2ccc(C(F)(F)F)c(CN)c2)CC1. The molecule has 1 aliphatic rings. The summed E-state index contributed by atoms with van der Waals surface area (Å²) in [4.78, 5) is 2.19. The van der Waals surface area contributed by atoms with Gasteiger partial charge in [0.1, 0.15) is 0 Å². The van der Waals surface area contributed by atoms with Crippen LogP contribution in [0.2, 0.25) is 0 Å². The van der Waals surface area contributed by atoms with E-state index in [4.69, 9.17) is 5.73 Å². The summed E-state index contributed by atoms with van der Waals surface area (Å²) in [7, 11) is 0. The van der Waals surface area contributed by atoms with Crippen LogP contribution in [0.3, 0.4) is 0 Å². The predicted octanol–water partition coefficient (Wildman–Crippen LogP) is 4.18. The lowest BCUT2D eigenvalue weighted by Crippen LogP contribution is -2.25. The fraction of sp³-hybridized carbons (Fsp3) is 0.625. The van der Waals surface area contributed by atoms with Crippen molar-refractivity contribution in [2.24, 2.45) is 11.7 Å². The van der Waals surface area contributed by atoms with Gasteiger partial charge in [-0.05, 0) is 48.9 Å². The van der Waals surface area contributed by atoms with E-state index in [1.807, 2.05) is 0 Å². The Morgan fingerprint density at radius 3 is 2.62 bits per heavy atom. The van der Waals surface area contributed by atoms with Gasteiger partial charge in [0.05, 0.1) is 5.56 Å². The highest BCUT2D eigenvalue weighted by Crippen LogP contribution is 2.34. The van der Waals surface area contributed by atoms with Gasteiger partial charge in [0, 0.05) is 25.3 Å². The minimum atomic E-state index is -4.33. The molecule has 1 aromatic carbocycles. The lowest BCUT2D eigenvalue weighted by atomic mass is 9.98. The van der Waals surface area contributed by atoms with Crippen molar-refractivity contribution in [3.05, 3.63) is 29.3 Å². The lowest BCUT2D eigenvalue weighted by Gasteiger charge is -2.24.